The highest BCUT2D eigenvalue weighted by atomic mass is 16.5. The Hall–Kier alpha value is -3.33. The van der Waals surface area contributed by atoms with Crippen LogP contribution >= 0.6 is 0 Å². The molecule has 2 atom stereocenters. The highest BCUT2D eigenvalue weighted by molar-refractivity contribution is 6.00. The molecule has 0 radical (unpaired) electrons. The molecular formula is C24H30N6O3. The van der Waals surface area contributed by atoms with Crippen molar-refractivity contribution in [3.05, 3.63) is 41.5 Å². The Morgan fingerprint density at radius 1 is 1.15 bits per heavy atom. The van der Waals surface area contributed by atoms with Crippen LogP contribution in [-0.4, -0.2) is 50.5 Å². The third-order valence-electron chi connectivity index (χ3n) is 6.39. The van der Waals surface area contributed by atoms with E-state index in [9.17, 15) is 9.59 Å². The normalized spacial score (nSPS) is 21.4. The van der Waals surface area contributed by atoms with Gasteiger partial charge in [-0.15, -0.1) is 0 Å². The number of carbonyl (C=O) groups excluding carboxylic acids is 2. The molecule has 0 aromatic carbocycles. The van der Waals surface area contributed by atoms with Crippen LogP contribution in [0, 0.1) is 0 Å². The van der Waals surface area contributed by atoms with E-state index in [4.69, 9.17) is 15.5 Å². The van der Waals surface area contributed by atoms with Crippen LogP contribution < -0.4 is 11.1 Å². The summed E-state index contributed by atoms with van der Waals surface area (Å²) in [5.41, 5.74) is 9.95. The van der Waals surface area contributed by atoms with Crippen LogP contribution in [0.1, 0.15) is 78.9 Å². The maximum absolute atomic E-state index is 12.5. The number of nitrogens with two attached hydrogens (primary N) is 1. The first-order valence-corrected chi connectivity index (χ1v) is 11.4. The Morgan fingerprint density at radius 2 is 1.85 bits per heavy atom. The number of ether oxygens (including phenoxy) is 1. The van der Waals surface area contributed by atoms with Gasteiger partial charge in [0.05, 0.1) is 24.6 Å². The highest BCUT2D eigenvalue weighted by Crippen LogP contribution is 2.39. The fourth-order valence-corrected chi connectivity index (χ4v) is 4.95. The van der Waals surface area contributed by atoms with Crippen LogP contribution in [0.15, 0.2) is 24.5 Å². The number of ketones is 1. The number of nitrogens with one attached hydrogen (secondary N) is 1. The molecule has 9 nitrogen and oxygen atoms in total. The molecule has 2 saturated heterocycles. The zero-order valence-corrected chi connectivity index (χ0v) is 19.5. The molecule has 2 aliphatic rings. The average Bonchev–Trinajstić information content (AvgIpc) is 3.42. The van der Waals surface area contributed by atoms with Crippen molar-refractivity contribution in [3.8, 4) is 11.1 Å². The predicted octanol–water partition coefficient (Wildman–Crippen LogP) is 3.39. The predicted molar refractivity (Wildman–Crippen MR) is 125 cm³/mol. The van der Waals surface area contributed by atoms with Crippen LogP contribution in [0.25, 0.3) is 16.8 Å². The monoisotopic (exact) mass is 450 g/mol. The summed E-state index contributed by atoms with van der Waals surface area (Å²) in [5, 5.41) is 8.02. The van der Waals surface area contributed by atoms with Crippen LogP contribution in [0.3, 0.4) is 0 Å². The molecule has 9 heteroatoms. The highest BCUT2D eigenvalue weighted by Gasteiger charge is 2.37. The molecule has 3 aromatic rings. The van der Waals surface area contributed by atoms with E-state index in [0.29, 0.717) is 29.1 Å². The number of nitrogens with zero attached hydrogens (tertiary/aromatic N) is 4. The molecular weight excluding hydrogens is 420 g/mol. The van der Waals surface area contributed by atoms with Crippen LogP contribution in [0.4, 0.5) is 5.82 Å². The number of hydrogen-bond donors (Lipinski definition) is 2. The summed E-state index contributed by atoms with van der Waals surface area (Å²) in [6.07, 6.45) is 7.45. The minimum Gasteiger partial charge on any atom is -0.464 e. The zero-order chi connectivity index (χ0) is 23.7. The quantitative estimate of drug-likeness (QED) is 0.458. The first kappa shape index (κ1) is 22.8. The first-order chi connectivity index (χ1) is 16.0. The van der Waals surface area contributed by atoms with Crippen LogP contribution in [0.5, 0.6) is 0 Å². The van der Waals surface area contributed by atoms with E-state index in [-0.39, 0.29) is 17.4 Å². The summed E-state index contributed by atoms with van der Waals surface area (Å²) in [5.74, 6) is -0.118. The molecule has 5 heterocycles. The number of rotatable bonds is 4. The topological polar surface area (TPSA) is 124 Å². The van der Waals surface area contributed by atoms with Crippen molar-refractivity contribution in [2.45, 2.75) is 64.5 Å². The molecule has 5 rings (SSSR count). The van der Waals surface area contributed by atoms with Crippen molar-refractivity contribution in [2.24, 2.45) is 0 Å². The van der Waals surface area contributed by atoms with Gasteiger partial charge in [-0.1, -0.05) is 19.9 Å². The number of aromatic nitrogens is 4. The minimum absolute atomic E-state index is 0.103. The van der Waals surface area contributed by atoms with Crippen molar-refractivity contribution < 1.29 is 14.3 Å². The van der Waals surface area contributed by atoms with Crippen molar-refractivity contribution in [1.82, 2.24) is 24.9 Å². The van der Waals surface area contributed by atoms with Gasteiger partial charge in [0.25, 0.3) is 0 Å². The van der Waals surface area contributed by atoms with E-state index < -0.39 is 5.97 Å². The summed E-state index contributed by atoms with van der Waals surface area (Å²) in [4.78, 5) is 33.3. The molecule has 0 amide bonds. The lowest BCUT2D eigenvalue weighted by molar-refractivity contribution is 0.0594. The molecule has 0 aliphatic carbocycles. The third kappa shape index (κ3) is 4.08. The Bertz CT molecular complexity index is 1180. The molecule has 174 valence electrons. The van der Waals surface area contributed by atoms with Crippen LogP contribution in [-0.2, 0) is 4.74 Å². The molecule has 0 spiro atoms. The maximum Gasteiger partial charge on any atom is 0.356 e. The molecule has 2 bridgehead atoms. The van der Waals surface area contributed by atoms with Gasteiger partial charge in [0.2, 0.25) is 0 Å². The second-order valence-electron chi connectivity index (χ2n) is 8.34. The number of esters is 1. The zero-order valence-electron chi connectivity index (χ0n) is 19.5. The Morgan fingerprint density at radius 3 is 2.42 bits per heavy atom. The number of piperidine rings is 1. The standard InChI is InChI=1S/C22H24N6O3.C2H6/c1-11(29)18-19(13-7-14-4-5-15(8-13)26-14)27-21-16(10-25-28(21)20(18)23)12-3-6-17(24-9-12)22(30)31-2;1-2/h3,6,9-10,13-15,26H,4-5,7-8,23H2,1-2H3;1-2H3. The van der Waals surface area contributed by atoms with E-state index in [1.54, 1.807) is 24.5 Å². The molecule has 33 heavy (non-hydrogen) atoms. The number of fused-ring (bicyclic) bond motifs is 3. The third-order valence-corrected chi connectivity index (χ3v) is 6.39. The van der Waals surface area contributed by atoms with Crippen molar-refractivity contribution in [1.29, 1.82) is 0 Å². The number of hydrogen-bond acceptors (Lipinski definition) is 8. The SMILES string of the molecule is CC.COC(=O)c1ccc(-c2cnn3c(N)c(C(C)=O)c(C4CC5CCC(C4)N5)nc23)cn1. The van der Waals surface area contributed by atoms with Crippen molar-refractivity contribution in [3.63, 3.8) is 0 Å². The first-order valence-electron chi connectivity index (χ1n) is 11.4. The summed E-state index contributed by atoms with van der Waals surface area (Å²) in [7, 11) is 1.32. The Kier molecular flexibility index (Phi) is 6.42. The average molecular weight is 451 g/mol. The molecule has 3 aromatic heterocycles. The van der Waals surface area contributed by atoms with Crippen molar-refractivity contribution in [2.75, 3.05) is 12.8 Å². The van der Waals surface area contributed by atoms with E-state index in [2.05, 4.69) is 15.4 Å². The second kappa shape index (κ2) is 9.27. The number of methoxy groups -OCH3 is 1. The fraction of sp³-hybridized carbons (Fsp3) is 0.458. The number of Topliss-reactive ketones (excluding diaryl/α,β-unsaturated/α-hetero) is 1. The molecule has 2 aliphatic heterocycles. The summed E-state index contributed by atoms with van der Waals surface area (Å²) in [6.45, 7) is 5.53. The van der Waals surface area contributed by atoms with Gasteiger partial charge >= 0.3 is 5.97 Å². The summed E-state index contributed by atoms with van der Waals surface area (Å²) >= 11 is 0. The lowest BCUT2D eigenvalue weighted by Gasteiger charge is -2.30. The van der Waals surface area contributed by atoms with Crippen molar-refractivity contribution >= 4 is 23.2 Å². The largest absolute Gasteiger partial charge is 0.464 e. The van der Waals surface area contributed by atoms with Gasteiger partial charge in [-0.3, -0.25) is 4.79 Å². The Labute approximate surface area is 192 Å². The lowest BCUT2D eigenvalue weighted by Crippen LogP contribution is -2.38. The minimum atomic E-state index is -0.497. The summed E-state index contributed by atoms with van der Waals surface area (Å²) < 4.78 is 6.22. The number of pyridine rings is 1. The van der Waals surface area contributed by atoms with Gasteiger partial charge in [0.1, 0.15) is 11.5 Å². The van der Waals surface area contributed by atoms with Gasteiger partial charge in [-0.2, -0.15) is 9.61 Å². The molecule has 2 unspecified atom stereocenters. The lowest BCUT2D eigenvalue weighted by atomic mass is 9.86. The van der Waals surface area contributed by atoms with Gasteiger partial charge in [-0.25, -0.2) is 14.8 Å². The molecule has 3 N–H and O–H groups in total. The van der Waals surface area contributed by atoms with Gasteiger partial charge < -0.3 is 15.8 Å². The number of anilines is 1. The van der Waals surface area contributed by atoms with E-state index in [1.165, 1.54) is 18.5 Å². The number of carbonyl (C=O) groups is 2. The smallest absolute Gasteiger partial charge is 0.356 e. The number of nitrogen functional groups attached to an aromatic ring is 1. The fourth-order valence-electron chi connectivity index (χ4n) is 4.95. The second-order valence-corrected chi connectivity index (χ2v) is 8.34. The summed E-state index contributed by atoms with van der Waals surface area (Å²) in [6, 6.07) is 4.30. The molecule has 2 fully saturated rings. The van der Waals surface area contributed by atoms with E-state index in [1.807, 2.05) is 13.8 Å². The van der Waals surface area contributed by atoms with E-state index >= 15 is 0 Å². The Balaban J connectivity index is 0.00000126. The molecule has 0 saturated carbocycles. The van der Waals surface area contributed by atoms with E-state index in [0.717, 1.165) is 42.5 Å². The van der Waals surface area contributed by atoms with Crippen LogP contribution in [0.2, 0.25) is 0 Å². The van der Waals surface area contributed by atoms with Gasteiger partial charge in [-0.05, 0) is 38.7 Å². The van der Waals surface area contributed by atoms with Gasteiger partial charge in [0.15, 0.2) is 11.4 Å². The maximum atomic E-state index is 12.5. The van der Waals surface area contributed by atoms with Gasteiger partial charge in [0, 0.05) is 35.3 Å².